The van der Waals surface area contributed by atoms with Gasteiger partial charge in [0, 0.05) is 0 Å². The van der Waals surface area contributed by atoms with Gasteiger partial charge in [-0.2, -0.15) is 0 Å². The zero-order valence-corrected chi connectivity index (χ0v) is 39.9. The summed E-state index contributed by atoms with van der Waals surface area (Å²) in [4.78, 5) is 39.9. The first-order chi connectivity index (χ1) is 31.7. The van der Waals surface area contributed by atoms with E-state index in [2.05, 4.69) is 40.7 Å². The maximum absolute atomic E-state index is 13.8. The summed E-state index contributed by atoms with van der Waals surface area (Å²) in [5.41, 5.74) is -3.12. The number of rotatable bonds is 10. The number of aliphatic carboxylic acids is 2. The normalized spacial score (nSPS) is 54.5. The van der Waals surface area contributed by atoms with Crippen molar-refractivity contribution in [2.75, 3.05) is 6.61 Å². The molecule has 3 heterocycles. The van der Waals surface area contributed by atoms with Crippen molar-refractivity contribution < 1.29 is 99.0 Å². The highest BCUT2D eigenvalue weighted by molar-refractivity contribution is 5.78. The van der Waals surface area contributed by atoms with Gasteiger partial charge in [-0.05, 0) is 104 Å². The van der Waals surface area contributed by atoms with Gasteiger partial charge in [-0.15, -0.1) is 0 Å². The first kappa shape index (κ1) is 52.1. The lowest BCUT2D eigenvalue weighted by molar-refractivity contribution is -0.394. The van der Waals surface area contributed by atoms with Crippen LogP contribution in [0.1, 0.15) is 106 Å². The smallest absolute Gasteiger partial charge is 0.335 e. The summed E-state index contributed by atoms with van der Waals surface area (Å²) >= 11 is 0. The molecule has 10 unspecified atom stereocenters. The molecule has 0 aromatic rings. The second-order valence-electron chi connectivity index (χ2n) is 23.3. The van der Waals surface area contributed by atoms with Gasteiger partial charge in [-0.3, -0.25) is 4.79 Å². The van der Waals surface area contributed by atoms with Crippen LogP contribution in [0, 0.1) is 50.2 Å². The molecule has 0 aromatic carbocycles. The maximum Gasteiger partial charge on any atom is 0.335 e. The summed E-state index contributed by atoms with van der Waals surface area (Å²) in [5, 5.41) is 119. The average molecular weight is 971 g/mol. The highest BCUT2D eigenvalue weighted by Gasteiger charge is 2.72. The number of allylic oxidation sites excluding steroid dienone is 2. The van der Waals surface area contributed by atoms with Gasteiger partial charge in [-0.1, -0.05) is 53.2 Å². The Labute approximate surface area is 395 Å². The van der Waals surface area contributed by atoms with E-state index in [1.54, 1.807) is 6.92 Å². The maximum atomic E-state index is 13.8. The lowest BCUT2D eigenvalue weighted by atomic mass is 9.33. The second-order valence-corrected chi connectivity index (χ2v) is 23.3. The number of fused-ring (bicyclic) bond motifs is 7. The van der Waals surface area contributed by atoms with Gasteiger partial charge in [0.1, 0.15) is 72.7 Å². The van der Waals surface area contributed by atoms with Crippen LogP contribution in [0.25, 0.3) is 0 Å². The van der Waals surface area contributed by atoms with E-state index in [0.717, 1.165) is 11.9 Å². The van der Waals surface area contributed by atoms with Gasteiger partial charge in [0.2, 0.25) is 0 Å². The van der Waals surface area contributed by atoms with E-state index in [-0.39, 0.29) is 36.0 Å². The SMILES string of the molecule is C[C@@H]1O[C@@H](O[C@@H]2C(O[C@@H]3OC(CO)[C@H](O)C(O)[C@@H]3O)[C@H](O[C@H]3CCC4(C)C(CC[C@]5(C)C4CC=C4C6CC(C)(C)CC[C@]6(C(=O)O)[C@H](O)C[C@]45C)[C@@]3(C)C=O)OC(C(=O)O)[C@H]2O)C(O)C(O)[C@H]1O. The van der Waals surface area contributed by atoms with Crippen LogP contribution in [0.4, 0.5) is 0 Å². The van der Waals surface area contributed by atoms with Crippen LogP contribution in [0.2, 0.25) is 0 Å². The fourth-order valence-electron chi connectivity index (χ4n) is 15.0. The molecule has 4 saturated carbocycles. The fraction of sp³-hybridized carbons (Fsp3) is 0.896. The van der Waals surface area contributed by atoms with E-state index in [1.807, 2.05) is 0 Å². The highest BCUT2D eigenvalue weighted by Crippen LogP contribution is 2.76. The molecule has 0 bridgehead atoms. The van der Waals surface area contributed by atoms with Crippen molar-refractivity contribution in [3.63, 3.8) is 0 Å². The zero-order valence-electron chi connectivity index (χ0n) is 39.9. The van der Waals surface area contributed by atoms with E-state index in [4.69, 9.17) is 28.4 Å². The minimum atomic E-state index is -2.15. The van der Waals surface area contributed by atoms with Crippen LogP contribution in [0.3, 0.4) is 0 Å². The Hall–Kier alpha value is -2.25. The molecule has 0 radical (unpaired) electrons. The molecular formula is C48H74O20. The van der Waals surface area contributed by atoms with Gasteiger partial charge in [-0.25, -0.2) is 4.79 Å². The van der Waals surface area contributed by atoms with Crippen LogP contribution in [-0.2, 0) is 42.8 Å². The van der Waals surface area contributed by atoms with Crippen LogP contribution >= 0.6 is 0 Å². The zero-order chi connectivity index (χ0) is 50.0. The predicted molar refractivity (Wildman–Crippen MR) is 231 cm³/mol. The summed E-state index contributed by atoms with van der Waals surface area (Å²) in [7, 11) is 0. The summed E-state index contributed by atoms with van der Waals surface area (Å²) in [6.45, 7) is 13.2. The molecule has 25 atom stereocenters. The topological polar surface area (TPSA) is 329 Å². The van der Waals surface area contributed by atoms with Crippen LogP contribution in [0.5, 0.6) is 0 Å². The van der Waals surface area contributed by atoms with E-state index < -0.39 is 150 Å². The Balaban J connectivity index is 1.13. The number of aliphatic hydroxyl groups is 9. The quantitative estimate of drug-likeness (QED) is 0.0778. The molecule has 20 heteroatoms. The van der Waals surface area contributed by atoms with Gasteiger partial charge in [0.05, 0.1) is 30.3 Å². The average Bonchev–Trinajstić information content (AvgIpc) is 3.27. The summed E-state index contributed by atoms with van der Waals surface area (Å²) in [6, 6.07) is 0. The number of aliphatic hydroxyl groups excluding tert-OH is 9. The van der Waals surface area contributed by atoms with Crippen molar-refractivity contribution >= 4 is 18.2 Å². The largest absolute Gasteiger partial charge is 0.481 e. The standard InChI is InChI=1S/C48H74O20/c1-20-28(52)30(54)32(56)39(63-20)66-35-34(58)36(38(59)60)67-41(37(35)68-40-33(57)31(55)29(53)23(18-49)64-40)65-27-11-12-44(4)24(45(27,5)19-50)10-13-46(6)25(44)9-8-21-22-16-43(2,3)14-15-48(22,42(61)62)26(51)17-47(21,46)7/h8,19-20,22-37,39-41,49,51-58H,9-18H2,1-7H3,(H,59,60)(H,61,62)/t20-,22?,23?,24?,25?,26+,27-,28-,29-,30?,31?,32?,33-,34-,35-,36?,37?,39-,40-,41+,44?,45+,46+,47+,48+/m0/s1. The van der Waals surface area contributed by atoms with Crippen molar-refractivity contribution in [3.8, 4) is 0 Å². The molecule has 0 amide bonds. The van der Waals surface area contributed by atoms with E-state index >= 15 is 0 Å². The molecule has 8 aliphatic rings. The Morgan fingerprint density at radius 2 is 1.34 bits per heavy atom. The summed E-state index contributed by atoms with van der Waals surface area (Å²) in [6.07, 6.45) is -21.9. The van der Waals surface area contributed by atoms with Gasteiger partial charge >= 0.3 is 11.9 Å². The van der Waals surface area contributed by atoms with E-state index in [0.29, 0.717) is 44.9 Å². The van der Waals surface area contributed by atoms with Crippen molar-refractivity contribution in [2.24, 2.45) is 50.2 Å². The molecule has 68 heavy (non-hydrogen) atoms. The number of hydrogen-bond donors (Lipinski definition) is 11. The predicted octanol–water partition coefficient (Wildman–Crippen LogP) is -0.0241. The lowest BCUT2D eigenvalue weighted by Crippen LogP contribution is -2.69. The first-order valence-corrected chi connectivity index (χ1v) is 24.3. The molecular weight excluding hydrogens is 897 g/mol. The number of carbonyl (C=O) groups excluding carboxylic acids is 1. The molecule has 7 fully saturated rings. The molecule has 8 rings (SSSR count). The number of carboxylic acid groups (broad SMARTS) is 2. The third-order valence-electron chi connectivity index (χ3n) is 19.3. The number of aldehydes is 1. The minimum Gasteiger partial charge on any atom is -0.481 e. The van der Waals surface area contributed by atoms with Gasteiger partial charge in [0.25, 0.3) is 0 Å². The van der Waals surface area contributed by atoms with Crippen LogP contribution in [0.15, 0.2) is 11.6 Å². The van der Waals surface area contributed by atoms with E-state index in [9.17, 15) is 70.6 Å². The molecule has 0 aromatic heterocycles. The number of carboxylic acids is 2. The van der Waals surface area contributed by atoms with E-state index in [1.165, 1.54) is 6.92 Å². The molecule has 0 spiro atoms. The molecule has 3 saturated heterocycles. The monoisotopic (exact) mass is 970 g/mol. The summed E-state index contributed by atoms with van der Waals surface area (Å²) in [5.74, 6) is -3.37. The fourth-order valence-corrected chi connectivity index (χ4v) is 15.0. The molecule has 20 nitrogen and oxygen atoms in total. The molecule has 11 N–H and O–H groups in total. The highest BCUT2D eigenvalue weighted by atomic mass is 16.8. The van der Waals surface area contributed by atoms with Crippen LogP contribution < -0.4 is 0 Å². The molecule has 3 aliphatic heterocycles. The minimum absolute atomic E-state index is 0.0282. The number of hydrogen-bond acceptors (Lipinski definition) is 18. The Kier molecular flexibility index (Phi) is 13.8. The van der Waals surface area contributed by atoms with Gasteiger partial charge < -0.3 is 89.4 Å². The second kappa shape index (κ2) is 18.0. The Morgan fingerprint density at radius 3 is 1.96 bits per heavy atom. The molecule has 386 valence electrons. The van der Waals surface area contributed by atoms with Crippen molar-refractivity contribution in [1.82, 2.24) is 0 Å². The Morgan fingerprint density at radius 1 is 0.706 bits per heavy atom. The third-order valence-corrected chi connectivity index (χ3v) is 19.3. The van der Waals surface area contributed by atoms with Crippen molar-refractivity contribution in [2.45, 2.75) is 211 Å². The Bertz CT molecular complexity index is 1950. The number of ether oxygens (including phenoxy) is 6. The summed E-state index contributed by atoms with van der Waals surface area (Å²) < 4.78 is 36.2. The van der Waals surface area contributed by atoms with Gasteiger partial charge in [0.15, 0.2) is 25.0 Å². The molecule has 5 aliphatic carbocycles. The first-order valence-electron chi connectivity index (χ1n) is 24.3. The third kappa shape index (κ3) is 7.77. The lowest BCUT2D eigenvalue weighted by Gasteiger charge is -2.71. The van der Waals surface area contributed by atoms with Crippen molar-refractivity contribution in [1.29, 1.82) is 0 Å². The number of carbonyl (C=O) groups is 3. The van der Waals surface area contributed by atoms with Crippen LogP contribution in [-0.4, -0.2) is 185 Å². The van der Waals surface area contributed by atoms with Crippen molar-refractivity contribution in [3.05, 3.63) is 11.6 Å².